The molecule has 0 saturated carbocycles. The molecule has 0 aliphatic carbocycles. The third-order valence-corrected chi connectivity index (χ3v) is 3.74. The molecule has 0 spiro atoms. The van der Waals surface area contributed by atoms with Crippen molar-refractivity contribution in [3.63, 3.8) is 0 Å². The fraction of sp³-hybridized carbons (Fsp3) is 0.400. The van der Waals surface area contributed by atoms with Gasteiger partial charge in [0.15, 0.2) is 5.76 Å². The number of furan rings is 1. The lowest BCUT2D eigenvalue weighted by atomic mass is 10.1. The number of hydrogen-bond acceptors (Lipinski definition) is 4. The van der Waals surface area contributed by atoms with Gasteiger partial charge in [-0.2, -0.15) is 0 Å². The minimum atomic E-state index is -0.0285. The molecule has 2 heterocycles. The SMILES string of the molecule is COc1ccc2oc(C(=O)N3CCNCC3)c(C)c2c1. The molecular weight excluding hydrogens is 256 g/mol. The molecule has 0 unspecified atom stereocenters. The molecule has 5 nitrogen and oxygen atoms in total. The van der Waals surface area contributed by atoms with E-state index >= 15 is 0 Å². The van der Waals surface area contributed by atoms with Gasteiger partial charge >= 0.3 is 0 Å². The van der Waals surface area contributed by atoms with Crippen molar-refractivity contribution < 1.29 is 13.9 Å². The Labute approximate surface area is 117 Å². The Bertz CT molecular complexity index is 642. The van der Waals surface area contributed by atoms with Gasteiger partial charge in [-0.3, -0.25) is 4.79 Å². The van der Waals surface area contributed by atoms with Crippen molar-refractivity contribution in [2.75, 3.05) is 33.3 Å². The van der Waals surface area contributed by atoms with Crippen LogP contribution in [0, 0.1) is 6.92 Å². The second-order valence-electron chi connectivity index (χ2n) is 4.96. The largest absolute Gasteiger partial charge is 0.497 e. The van der Waals surface area contributed by atoms with Crippen LogP contribution in [0.4, 0.5) is 0 Å². The van der Waals surface area contributed by atoms with Crippen molar-refractivity contribution in [1.29, 1.82) is 0 Å². The molecule has 1 N–H and O–H groups in total. The van der Waals surface area contributed by atoms with Crippen molar-refractivity contribution in [3.8, 4) is 5.75 Å². The highest BCUT2D eigenvalue weighted by atomic mass is 16.5. The van der Waals surface area contributed by atoms with Gasteiger partial charge in [0.2, 0.25) is 0 Å². The Hall–Kier alpha value is -2.01. The lowest BCUT2D eigenvalue weighted by Gasteiger charge is -2.26. The van der Waals surface area contributed by atoms with E-state index in [9.17, 15) is 4.79 Å². The zero-order valence-corrected chi connectivity index (χ0v) is 11.7. The first-order chi connectivity index (χ1) is 9.70. The maximum Gasteiger partial charge on any atom is 0.289 e. The van der Waals surface area contributed by atoms with E-state index in [1.807, 2.05) is 30.0 Å². The van der Waals surface area contributed by atoms with E-state index in [4.69, 9.17) is 9.15 Å². The van der Waals surface area contributed by atoms with Crippen molar-refractivity contribution in [2.45, 2.75) is 6.92 Å². The molecule has 0 bridgehead atoms. The molecule has 1 aliphatic heterocycles. The number of benzene rings is 1. The molecule has 106 valence electrons. The Morgan fingerprint density at radius 1 is 1.35 bits per heavy atom. The average Bonchev–Trinajstić information content (AvgIpc) is 2.84. The normalized spacial score (nSPS) is 15.6. The quantitative estimate of drug-likeness (QED) is 0.907. The summed E-state index contributed by atoms with van der Waals surface area (Å²) in [7, 11) is 1.63. The van der Waals surface area contributed by atoms with Crippen LogP contribution in [0.15, 0.2) is 22.6 Å². The Balaban J connectivity index is 1.98. The number of methoxy groups -OCH3 is 1. The zero-order valence-electron chi connectivity index (χ0n) is 11.7. The van der Waals surface area contributed by atoms with Gasteiger partial charge in [0.05, 0.1) is 7.11 Å². The van der Waals surface area contributed by atoms with E-state index in [2.05, 4.69) is 5.32 Å². The van der Waals surface area contributed by atoms with Crippen LogP contribution >= 0.6 is 0 Å². The highest BCUT2D eigenvalue weighted by molar-refractivity contribution is 5.99. The van der Waals surface area contributed by atoms with E-state index in [0.29, 0.717) is 5.76 Å². The third kappa shape index (κ3) is 2.14. The number of fused-ring (bicyclic) bond motifs is 1. The molecular formula is C15H18N2O3. The van der Waals surface area contributed by atoms with E-state index < -0.39 is 0 Å². The monoisotopic (exact) mass is 274 g/mol. The summed E-state index contributed by atoms with van der Waals surface area (Å²) in [5, 5.41) is 4.17. The van der Waals surface area contributed by atoms with Gasteiger partial charge in [0.25, 0.3) is 5.91 Å². The number of hydrogen-bond donors (Lipinski definition) is 1. The smallest absolute Gasteiger partial charge is 0.289 e. The van der Waals surface area contributed by atoms with Gasteiger partial charge in [-0.15, -0.1) is 0 Å². The summed E-state index contributed by atoms with van der Waals surface area (Å²) in [4.78, 5) is 14.3. The standard InChI is InChI=1S/C15H18N2O3/c1-10-12-9-11(19-2)3-4-13(12)20-14(10)15(18)17-7-5-16-6-8-17/h3-4,9,16H,5-8H2,1-2H3. The van der Waals surface area contributed by atoms with Crippen LogP contribution in [0.5, 0.6) is 5.75 Å². The van der Waals surface area contributed by atoms with Crippen LogP contribution in [-0.2, 0) is 0 Å². The van der Waals surface area contributed by atoms with E-state index in [0.717, 1.165) is 48.5 Å². The summed E-state index contributed by atoms with van der Waals surface area (Å²) >= 11 is 0. The van der Waals surface area contributed by atoms with Gasteiger partial charge in [0.1, 0.15) is 11.3 Å². The van der Waals surface area contributed by atoms with Crippen LogP contribution in [0.3, 0.4) is 0 Å². The maximum atomic E-state index is 12.5. The first kappa shape index (κ1) is 13.0. The second-order valence-corrected chi connectivity index (χ2v) is 4.96. The Morgan fingerprint density at radius 2 is 2.10 bits per heavy atom. The number of piperazine rings is 1. The summed E-state index contributed by atoms with van der Waals surface area (Å²) in [6.07, 6.45) is 0. The highest BCUT2D eigenvalue weighted by Gasteiger charge is 2.24. The molecule has 1 aromatic carbocycles. The molecule has 2 aromatic rings. The molecule has 5 heteroatoms. The lowest BCUT2D eigenvalue weighted by molar-refractivity contribution is 0.0705. The first-order valence-corrected chi connectivity index (χ1v) is 6.78. The van der Waals surface area contributed by atoms with Crippen molar-refractivity contribution in [1.82, 2.24) is 10.2 Å². The lowest BCUT2D eigenvalue weighted by Crippen LogP contribution is -2.46. The van der Waals surface area contributed by atoms with Crippen molar-refractivity contribution in [2.24, 2.45) is 0 Å². The predicted octanol–water partition coefficient (Wildman–Crippen LogP) is 1.80. The number of carbonyl (C=O) groups excluding carboxylic acids is 1. The van der Waals surface area contributed by atoms with Crippen LogP contribution < -0.4 is 10.1 Å². The number of ether oxygens (including phenoxy) is 1. The number of carbonyl (C=O) groups is 1. The summed E-state index contributed by atoms with van der Waals surface area (Å²) in [5.41, 5.74) is 1.60. The molecule has 20 heavy (non-hydrogen) atoms. The summed E-state index contributed by atoms with van der Waals surface area (Å²) < 4.78 is 11.0. The highest BCUT2D eigenvalue weighted by Crippen LogP contribution is 2.29. The van der Waals surface area contributed by atoms with Crippen molar-refractivity contribution in [3.05, 3.63) is 29.5 Å². The fourth-order valence-corrected chi connectivity index (χ4v) is 2.54. The molecule has 0 radical (unpaired) electrons. The minimum Gasteiger partial charge on any atom is -0.497 e. The first-order valence-electron chi connectivity index (χ1n) is 6.78. The summed E-state index contributed by atoms with van der Waals surface area (Å²) in [6, 6.07) is 5.59. The zero-order chi connectivity index (χ0) is 14.1. The molecule has 1 fully saturated rings. The fourth-order valence-electron chi connectivity index (χ4n) is 2.54. The number of aryl methyl sites for hydroxylation is 1. The van der Waals surface area contributed by atoms with Gasteiger partial charge in [-0.1, -0.05) is 0 Å². The molecule has 3 rings (SSSR count). The topological polar surface area (TPSA) is 54.7 Å². The molecule has 1 aliphatic rings. The predicted molar refractivity (Wildman–Crippen MR) is 76.3 cm³/mol. The maximum absolute atomic E-state index is 12.5. The summed E-state index contributed by atoms with van der Waals surface area (Å²) in [6.45, 7) is 5.02. The van der Waals surface area contributed by atoms with E-state index in [1.165, 1.54) is 0 Å². The molecule has 1 saturated heterocycles. The van der Waals surface area contributed by atoms with Gasteiger partial charge < -0.3 is 19.4 Å². The number of amides is 1. The second kappa shape index (κ2) is 5.17. The molecule has 1 aromatic heterocycles. The van der Waals surface area contributed by atoms with Crippen LogP contribution in [-0.4, -0.2) is 44.1 Å². The van der Waals surface area contributed by atoms with Crippen LogP contribution in [0.1, 0.15) is 16.1 Å². The number of nitrogens with one attached hydrogen (secondary N) is 1. The van der Waals surface area contributed by atoms with Crippen LogP contribution in [0.2, 0.25) is 0 Å². The van der Waals surface area contributed by atoms with Crippen molar-refractivity contribution >= 4 is 16.9 Å². The van der Waals surface area contributed by atoms with E-state index in [-0.39, 0.29) is 5.91 Å². The van der Waals surface area contributed by atoms with Gasteiger partial charge in [-0.05, 0) is 25.1 Å². The van der Waals surface area contributed by atoms with Crippen LogP contribution in [0.25, 0.3) is 11.0 Å². The number of rotatable bonds is 2. The van der Waals surface area contributed by atoms with E-state index in [1.54, 1.807) is 7.11 Å². The molecule has 1 amide bonds. The number of nitrogens with zero attached hydrogens (tertiary/aromatic N) is 1. The average molecular weight is 274 g/mol. The Kier molecular flexibility index (Phi) is 3.36. The minimum absolute atomic E-state index is 0.0285. The van der Waals surface area contributed by atoms with Gasteiger partial charge in [-0.25, -0.2) is 0 Å². The summed E-state index contributed by atoms with van der Waals surface area (Å²) in [5.74, 6) is 1.18. The Morgan fingerprint density at radius 3 is 2.80 bits per heavy atom. The third-order valence-electron chi connectivity index (χ3n) is 3.74. The molecule has 0 atom stereocenters. The van der Waals surface area contributed by atoms with Gasteiger partial charge in [0, 0.05) is 37.1 Å².